The van der Waals surface area contributed by atoms with Gasteiger partial charge in [-0.3, -0.25) is 4.79 Å². The number of rotatable bonds is 7. The fourth-order valence-electron chi connectivity index (χ4n) is 6.11. The van der Waals surface area contributed by atoms with Gasteiger partial charge in [-0.2, -0.15) is 0 Å². The highest BCUT2D eigenvalue weighted by Crippen LogP contribution is 2.70. The second-order valence-electron chi connectivity index (χ2n) is 9.64. The van der Waals surface area contributed by atoms with Gasteiger partial charge >= 0.3 is 0 Å². The van der Waals surface area contributed by atoms with Crippen molar-refractivity contribution in [3.05, 3.63) is 35.9 Å². The molecule has 4 atom stereocenters. The maximum absolute atomic E-state index is 13.3. The van der Waals surface area contributed by atoms with Crippen molar-refractivity contribution in [3.63, 3.8) is 0 Å². The Morgan fingerprint density at radius 3 is 2.73 bits per heavy atom. The zero-order chi connectivity index (χ0) is 21.6. The Labute approximate surface area is 179 Å². The summed E-state index contributed by atoms with van der Waals surface area (Å²) < 4.78 is 27.5. The summed E-state index contributed by atoms with van der Waals surface area (Å²) in [6.07, 6.45) is 5.33. The number of fused-ring (bicyclic) bond motifs is 1. The fourth-order valence-corrected chi connectivity index (χ4v) is 8.71. The number of carbonyl (C=O) groups excluding carboxylic acids is 1. The lowest BCUT2D eigenvalue weighted by molar-refractivity contribution is -0.133. The van der Waals surface area contributed by atoms with Crippen LogP contribution in [0.5, 0.6) is 0 Å². The van der Waals surface area contributed by atoms with E-state index in [4.69, 9.17) is 4.84 Å². The lowest BCUT2D eigenvalue weighted by Crippen LogP contribution is -2.46. The number of hydrogen-bond donors (Lipinski definition) is 0. The molecule has 2 bridgehead atoms. The highest BCUT2D eigenvalue weighted by atomic mass is 32.2. The predicted molar refractivity (Wildman–Crippen MR) is 116 cm³/mol. The largest absolute Gasteiger partial charge is 0.391 e. The van der Waals surface area contributed by atoms with Crippen LogP contribution in [0.4, 0.5) is 0 Å². The average Bonchev–Trinajstić information content (AvgIpc) is 3.19. The van der Waals surface area contributed by atoms with Crippen LogP contribution >= 0.6 is 0 Å². The van der Waals surface area contributed by atoms with Crippen molar-refractivity contribution in [2.24, 2.45) is 27.8 Å². The third kappa shape index (κ3) is 3.26. The summed E-state index contributed by atoms with van der Waals surface area (Å²) in [6, 6.07) is 9.56. The van der Waals surface area contributed by atoms with Gasteiger partial charge in [0.15, 0.2) is 0 Å². The van der Waals surface area contributed by atoms with Crippen molar-refractivity contribution < 1.29 is 18.0 Å². The monoisotopic (exact) mass is 432 g/mol. The predicted octanol–water partition coefficient (Wildman–Crippen LogP) is 3.97. The van der Waals surface area contributed by atoms with Crippen molar-refractivity contribution in [1.29, 1.82) is 0 Å². The maximum atomic E-state index is 13.3. The standard InChI is InChI=1S/C23H32N2O4S/c1-4-18(11-13-24-29-15-17-8-6-5-7-9-17)21(26)25-20-14-19-10-12-23(20,22(19,2)3)16-30(25,27)28/h5-9,13,18-20H,4,10-12,14-16H2,1-3H3/b24-13+/t18-,19-,20+,23-/m0/s1. The Bertz CT molecular complexity index is 928. The molecule has 2 saturated carbocycles. The van der Waals surface area contributed by atoms with E-state index in [1.54, 1.807) is 6.21 Å². The number of nitrogens with zero attached hydrogens (tertiary/aromatic N) is 2. The van der Waals surface area contributed by atoms with Crippen LogP contribution in [0.15, 0.2) is 35.5 Å². The van der Waals surface area contributed by atoms with Gasteiger partial charge in [-0.15, -0.1) is 0 Å². The number of benzene rings is 1. The first-order valence-corrected chi connectivity index (χ1v) is 12.6. The summed E-state index contributed by atoms with van der Waals surface area (Å²) in [5.41, 5.74) is 0.705. The first-order valence-electron chi connectivity index (χ1n) is 11.0. The van der Waals surface area contributed by atoms with Gasteiger partial charge in [0.05, 0.1) is 11.8 Å². The molecule has 1 aliphatic heterocycles. The van der Waals surface area contributed by atoms with Gasteiger partial charge < -0.3 is 4.84 Å². The van der Waals surface area contributed by atoms with E-state index < -0.39 is 15.9 Å². The zero-order valence-corrected chi connectivity index (χ0v) is 18.9. The number of sulfonamides is 1. The molecular formula is C23H32N2O4S. The van der Waals surface area contributed by atoms with E-state index >= 15 is 0 Å². The molecular weight excluding hydrogens is 400 g/mol. The molecule has 3 fully saturated rings. The normalized spacial score (nSPS) is 31.8. The van der Waals surface area contributed by atoms with E-state index in [-0.39, 0.29) is 28.5 Å². The van der Waals surface area contributed by atoms with Crippen LogP contribution < -0.4 is 0 Å². The number of amides is 1. The van der Waals surface area contributed by atoms with Crippen LogP contribution in [-0.2, 0) is 26.3 Å². The van der Waals surface area contributed by atoms with E-state index in [2.05, 4.69) is 19.0 Å². The van der Waals surface area contributed by atoms with Gasteiger partial charge in [-0.25, -0.2) is 12.7 Å². The molecule has 1 heterocycles. The van der Waals surface area contributed by atoms with Gasteiger partial charge in [0.1, 0.15) is 6.61 Å². The molecule has 6 nitrogen and oxygen atoms in total. The van der Waals surface area contributed by atoms with Gasteiger partial charge in [0.25, 0.3) is 0 Å². The quantitative estimate of drug-likeness (QED) is 0.482. The molecule has 4 rings (SSSR count). The topological polar surface area (TPSA) is 76.0 Å². The molecule has 0 radical (unpaired) electrons. The minimum absolute atomic E-state index is 0.0335. The molecule has 30 heavy (non-hydrogen) atoms. The Morgan fingerprint density at radius 1 is 1.33 bits per heavy atom. The third-order valence-corrected chi connectivity index (χ3v) is 10.00. The SMILES string of the molecule is CC[C@@H](C/C=N/OCc1ccccc1)C(=O)N1[C@@H]2C[C@@H]3CC[C@@]2(CS1(=O)=O)C3(C)C. The molecule has 1 amide bonds. The van der Waals surface area contributed by atoms with E-state index in [0.29, 0.717) is 25.4 Å². The minimum atomic E-state index is -3.58. The van der Waals surface area contributed by atoms with E-state index in [0.717, 1.165) is 24.8 Å². The number of oxime groups is 1. The van der Waals surface area contributed by atoms with Crippen LogP contribution in [0.3, 0.4) is 0 Å². The molecule has 0 aromatic heterocycles. The third-order valence-electron chi connectivity index (χ3n) is 8.08. The number of hydrogen-bond acceptors (Lipinski definition) is 5. The Balaban J connectivity index is 1.43. The highest BCUT2D eigenvalue weighted by Gasteiger charge is 2.72. The summed E-state index contributed by atoms with van der Waals surface area (Å²) in [7, 11) is -3.58. The van der Waals surface area contributed by atoms with Gasteiger partial charge in [0, 0.05) is 17.5 Å². The first-order chi connectivity index (χ1) is 14.2. The van der Waals surface area contributed by atoms with Crippen LogP contribution in [0.25, 0.3) is 0 Å². The molecule has 0 unspecified atom stereocenters. The Morgan fingerprint density at radius 2 is 2.07 bits per heavy atom. The molecule has 1 aromatic rings. The van der Waals surface area contributed by atoms with Crippen molar-refractivity contribution in [2.45, 2.75) is 65.5 Å². The summed E-state index contributed by atoms with van der Waals surface area (Å²) >= 11 is 0. The van der Waals surface area contributed by atoms with Gasteiger partial charge in [0.2, 0.25) is 15.9 Å². The molecule has 164 valence electrons. The minimum Gasteiger partial charge on any atom is -0.391 e. The lowest BCUT2D eigenvalue weighted by Gasteiger charge is -2.37. The average molecular weight is 433 g/mol. The Kier molecular flexibility index (Phi) is 5.45. The molecule has 2 aliphatic carbocycles. The fraction of sp³-hybridized carbons (Fsp3) is 0.652. The number of carbonyl (C=O) groups is 1. The first kappa shape index (κ1) is 21.3. The molecule has 7 heteroatoms. The van der Waals surface area contributed by atoms with Crippen molar-refractivity contribution >= 4 is 22.1 Å². The summed E-state index contributed by atoms with van der Waals surface area (Å²) in [5, 5.41) is 3.98. The molecule has 1 saturated heterocycles. The van der Waals surface area contributed by atoms with E-state index in [1.807, 2.05) is 37.3 Å². The van der Waals surface area contributed by atoms with Crippen molar-refractivity contribution in [2.75, 3.05) is 5.75 Å². The lowest BCUT2D eigenvalue weighted by atomic mass is 9.69. The van der Waals surface area contributed by atoms with Crippen LogP contribution in [0.2, 0.25) is 0 Å². The second-order valence-corrected chi connectivity index (χ2v) is 11.5. The maximum Gasteiger partial charge on any atom is 0.239 e. The second kappa shape index (κ2) is 7.66. The zero-order valence-electron chi connectivity index (χ0n) is 18.1. The van der Waals surface area contributed by atoms with Crippen LogP contribution in [0, 0.1) is 22.7 Å². The summed E-state index contributed by atoms with van der Waals surface area (Å²) in [6.45, 7) is 6.68. The summed E-state index contributed by atoms with van der Waals surface area (Å²) in [5.74, 6) is -0.0512. The van der Waals surface area contributed by atoms with E-state index in [1.165, 1.54) is 4.31 Å². The Hall–Kier alpha value is -1.89. The van der Waals surface area contributed by atoms with Crippen molar-refractivity contribution in [3.8, 4) is 0 Å². The van der Waals surface area contributed by atoms with E-state index in [9.17, 15) is 13.2 Å². The van der Waals surface area contributed by atoms with Gasteiger partial charge in [-0.05, 0) is 49.0 Å². The van der Waals surface area contributed by atoms with Crippen LogP contribution in [0.1, 0.15) is 58.4 Å². The van der Waals surface area contributed by atoms with Crippen molar-refractivity contribution in [1.82, 2.24) is 4.31 Å². The smallest absolute Gasteiger partial charge is 0.239 e. The molecule has 1 spiro atoms. The highest BCUT2D eigenvalue weighted by molar-refractivity contribution is 7.90. The summed E-state index contributed by atoms with van der Waals surface area (Å²) in [4.78, 5) is 18.7. The molecule has 3 aliphatic rings. The van der Waals surface area contributed by atoms with Gasteiger partial charge in [-0.1, -0.05) is 56.3 Å². The molecule has 1 aromatic carbocycles. The molecule has 0 N–H and O–H groups in total. The van der Waals surface area contributed by atoms with Crippen LogP contribution in [-0.4, -0.2) is 36.6 Å².